The van der Waals surface area contributed by atoms with E-state index in [0.717, 1.165) is 6.42 Å². The lowest BCUT2D eigenvalue weighted by atomic mass is 9.96. The molecule has 0 fully saturated rings. The number of allylic oxidation sites excluding steroid dienone is 9. The van der Waals surface area contributed by atoms with Crippen molar-refractivity contribution in [2.45, 2.75) is 6.42 Å². The van der Waals surface area contributed by atoms with E-state index >= 15 is 0 Å². The lowest BCUT2D eigenvalue weighted by Crippen LogP contribution is -1.90. The number of rotatable bonds is 0. The molecule has 91 valence electrons. The molecule has 19 heavy (non-hydrogen) atoms. The molecular formula is C19H15. The first kappa shape index (κ1) is 11.7. The van der Waals surface area contributed by atoms with Crippen molar-refractivity contribution in [2.75, 3.05) is 0 Å². The molecular weight excluding hydrogens is 228 g/mol. The second-order valence-corrected chi connectivity index (χ2v) is 4.53. The number of fused-ring (bicyclic) bond motifs is 3. The first-order chi connectivity index (χ1) is 9.45. The predicted molar refractivity (Wildman–Crippen MR) is 82.5 cm³/mol. The van der Waals surface area contributed by atoms with Crippen molar-refractivity contribution in [3.8, 4) is 0 Å². The van der Waals surface area contributed by atoms with Gasteiger partial charge in [0.15, 0.2) is 0 Å². The summed E-state index contributed by atoms with van der Waals surface area (Å²) in [6, 6.07) is 4.39. The second kappa shape index (κ2) is 5.53. The van der Waals surface area contributed by atoms with Gasteiger partial charge in [-0.1, -0.05) is 79.0 Å². The van der Waals surface area contributed by atoms with Crippen molar-refractivity contribution in [1.82, 2.24) is 0 Å². The highest BCUT2D eigenvalue weighted by molar-refractivity contribution is 5.72. The lowest BCUT2D eigenvalue weighted by Gasteiger charge is -2.07. The SMILES string of the molecule is [C]1=CCc2ccc3c(c21)C=CC=CC=CC=CC=C3. The third-order valence-corrected chi connectivity index (χ3v) is 3.25. The van der Waals surface area contributed by atoms with Gasteiger partial charge in [-0.15, -0.1) is 0 Å². The minimum Gasteiger partial charge on any atom is -0.0716 e. The smallest absolute Gasteiger partial charge is 0.00671 e. The molecule has 1 radical (unpaired) electrons. The van der Waals surface area contributed by atoms with Crippen LogP contribution in [0, 0.1) is 6.08 Å². The van der Waals surface area contributed by atoms with Crippen molar-refractivity contribution in [2.24, 2.45) is 0 Å². The summed E-state index contributed by atoms with van der Waals surface area (Å²) in [7, 11) is 0. The molecule has 0 aromatic heterocycles. The van der Waals surface area contributed by atoms with Crippen molar-refractivity contribution in [3.63, 3.8) is 0 Å². The van der Waals surface area contributed by atoms with E-state index in [-0.39, 0.29) is 0 Å². The van der Waals surface area contributed by atoms with Gasteiger partial charge in [0.2, 0.25) is 0 Å². The van der Waals surface area contributed by atoms with Crippen LogP contribution in [0.25, 0.3) is 12.2 Å². The standard InChI is InChI=1S/C19H15/c1-2-4-6-8-12-18-16(10-7-5-3-1)14-15-17-11-9-13-19(17)18/h1-10,12,14-15H,11H2. The topological polar surface area (TPSA) is 0 Å². The van der Waals surface area contributed by atoms with E-state index in [0.29, 0.717) is 0 Å². The molecule has 0 saturated heterocycles. The summed E-state index contributed by atoms with van der Waals surface area (Å²) < 4.78 is 0. The summed E-state index contributed by atoms with van der Waals surface area (Å²) in [5.74, 6) is 0. The highest BCUT2D eigenvalue weighted by atomic mass is 14.1. The average Bonchev–Trinajstić information content (AvgIpc) is 2.88. The van der Waals surface area contributed by atoms with E-state index in [4.69, 9.17) is 0 Å². The van der Waals surface area contributed by atoms with E-state index in [2.05, 4.69) is 54.7 Å². The van der Waals surface area contributed by atoms with Crippen molar-refractivity contribution >= 4 is 12.2 Å². The fourth-order valence-electron chi connectivity index (χ4n) is 2.31. The zero-order valence-corrected chi connectivity index (χ0v) is 10.7. The Balaban J connectivity index is 2.12. The molecule has 2 aliphatic carbocycles. The molecule has 2 aliphatic rings. The van der Waals surface area contributed by atoms with Gasteiger partial charge in [-0.05, 0) is 34.8 Å². The maximum Gasteiger partial charge on any atom is -0.00671 e. The van der Waals surface area contributed by atoms with Crippen LogP contribution < -0.4 is 0 Å². The van der Waals surface area contributed by atoms with Crippen LogP contribution in [0.3, 0.4) is 0 Å². The second-order valence-electron chi connectivity index (χ2n) is 4.53. The maximum atomic E-state index is 3.37. The van der Waals surface area contributed by atoms with Crippen LogP contribution in [-0.4, -0.2) is 0 Å². The van der Waals surface area contributed by atoms with Gasteiger partial charge in [0.25, 0.3) is 0 Å². The Hall–Kier alpha value is -2.34. The van der Waals surface area contributed by atoms with Crippen LogP contribution in [0.4, 0.5) is 0 Å². The molecule has 0 amide bonds. The zero-order valence-electron chi connectivity index (χ0n) is 10.7. The van der Waals surface area contributed by atoms with E-state index in [9.17, 15) is 0 Å². The Labute approximate surface area is 114 Å². The normalized spacial score (nSPS) is 16.0. The van der Waals surface area contributed by atoms with E-state index < -0.39 is 0 Å². The highest BCUT2D eigenvalue weighted by Gasteiger charge is 2.11. The van der Waals surface area contributed by atoms with Gasteiger partial charge in [-0.3, -0.25) is 0 Å². The molecule has 0 atom stereocenters. The molecule has 0 unspecified atom stereocenters. The van der Waals surface area contributed by atoms with Crippen LogP contribution in [-0.2, 0) is 6.42 Å². The van der Waals surface area contributed by atoms with Gasteiger partial charge in [0.05, 0.1) is 0 Å². The largest absolute Gasteiger partial charge is 0.0716 e. The summed E-state index contributed by atoms with van der Waals surface area (Å²) in [6.45, 7) is 0. The monoisotopic (exact) mass is 243 g/mol. The third-order valence-electron chi connectivity index (χ3n) is 3.25. The lowest BCUT2D eigenvalue weighted by molar-refractivity contribution is 1.30. The summed E-state index contributed by atoms with van der Waals surface area (Å²) in [5.41, 5.74) is 5.09. The maximum absolute atomic E-state index is 3.37. The van der Waals surface area contributed by atoms with Gasteiger partial charge in [-0.25, -0.2) is 0 Å². The van der Waals surface area contributed by atoms with Gasteiger partial charge < -0.3 is 0 Å². The summed E-state index contributed by atoms with van der Waals surface area (Å²) in [4.78, 5) is 0. The first-order valence-electron chi connectivity index (χ1n) is 6.54. The molecule has 0 N–H and O–H groups in total. The van der Waals surface area contributed by atoms with Gasteiger partial charge in [-0.2, -0.15) is 0 Å². The molecule has 0 spiro atoms. The fourth-order valence-corrected chi connectivity index (χ4v) is 2.31. The number of hydrogen-bond acceptors (Lipinski definition) is 0. The van der Waals surface area contributed by atoms with Gasteiger partial charge >= 0.3 is 0 Å². The van der Waals surface area contributed by atoms with E-state index in [1.165, 1.54) is 22.3 Å². The van der Waals surface area contributed by atoms with Crippen LogP contribution in [0.1, 0.15) is 22.3 Å². The Morgan fingerprint density at radius 3 is 2.21 bits per heavy atom. The minimum atomic E-state index is 0.999. The Morgan fingerprint density at radius 1 is 0.737 bits per heavy atom. The third kappa shape index (κ3) is 2.58. The minimum absolute atomic E-state index is 0.999. The van der Waals surface area contributed by atoms with Crippen molar-refractivity contribution in [1.29, 1.82) is 0 Å². The number of benzene rings is 1. The van der Waals surface area contributed by atoms with Gasteiger partial charge in [0, 0.05) is 0 Å². The number of hydrogen-bond donors (Lipinski definition) is 0. The molecule has 3 rings (SSSR count). The fraction of sp³-hybridized carbons (Fsp3) is 0.0526. The Kier molecular flexibility index (Phi) is 3.42. The predicted octanol–water partition coefficient (Wildman–Crippen LogP) is 4.66. The van der Waals surface area contributed by atoms with E-state index in [1.807, 2.05) is 30.4 Å². The van der Waals surface area contributed by atoms with Gasteiger partial charge in [0.1, 0.15) is 0 Å². The van der Waals surface area contributed by atoms with Crippen LogP contribution in [0.5, 0.6) is 0 Å². The first-order valence-corrected chi connectivity index (χ1v) is 6.54. The van der Waals surface area contributed by atoms with Crippen LogP contribution in [0.2, 0.25) is 0 Å². The highest BCUT2D eigenvalue weighted by Crippen LogP contribution is 2.27. The molecule has 1 aromatic carbocycles. The van der Waals surface area contributed by atoms with Crippen molar-refractivity contribution < 1.29 is 0 Å². The van der Waals surface area contributed by atoms with E-state index in [1.54, 1.807) is 0 Å². The quantitative estimate of drug-likeness (QED) is 0.621. The Bertz CT molecular complexity index is 647. The van der Waals surface area contributed by atoms with Crippen LogP contribution >= 0.6 is 0 Å². The molecule has 0 heteroatoms. The molecule has 0 bridgehead atoms. The molecule has 1 aromatic rings. The molecule has 0 nitrogen and oxygen atoms in total. The summed E-state index contributed by atoms with van der Waals surface area (Å²) in [6.07, 6.45) is 27.2. The van der Waals surface area contributed by atoms with Crippen molar-refractivity contribution in [3.05, 3.63) is 95.1 Å². The average molecular weight is 243 g/mol. The zero-order chi connectivity index (χ0) is 12.9. The molecule has 0 aliphatic heterocycles. The van der Waals surface area contributed by atoms with Crippen LogP contribution in [0.15, 0.2) is 66.8 Å². The molecule has 0 saturated carbocycles. The molecule has 0 heterocycles. The Morgan fingerprint density at radius 2 is 1.42 bits per heavy atom. The summed E-state index contributed by atoms with van der Waals surface area (Å²) in [5, 5.41) is 0. The summed E-state index contributed by atoms with van der Waals surface area (Å²) >= 11 is 0.